The van der Waals surface area contributed by atoms with E-state index in [-0.39, 0.29) is 5.56 Å². The van der Waals surface area contributed by atoms with Crippen molar-refractivity contribution in [3.8, 4) is 0 Å². The number of rotatable bonds is 3. The molecule has 0 radical (unpaired) electrons. The number of carboxylic acid groups (broad SMARTS) is 1. The Morgan fingerprint density at radius 3 is 2.85 bits per heavy atom. The molecule has 3 aromatic heterocycles. The predicted octanol–water partition coefficient (Wildman–Crippen LogP) is 3.24. The maximum absolute atomic E-state index is 10.8. The highest BCUT2D eigenvalue weighted by Gasteiger charge is 2.10. The van der Waals surface area contributed by atoms with E-state index in [0.29, 0.717) is 5.03 Å². The Kier molecular flexibility index (Phi) is 3.37. The minimum absolute atomic E-state index is 0.175. The molecule has 3 heterocycles. The van der Waals surface area contributed by atoms with Gasteiger partial charge in [0.15, 0.2) is 0 Å². The number of carbonyl (C=O) groups is 1. The first kappa shape index (κ1) is 13.0. The van der Waals surface area contributed by atoms with Gasteiger partial charge >= 0.3 is 5.97 Å². The molecule has 3 aromatic rings. The van der Waals surface area contributed by atoms with E-state index < -0.39 is 5.97 Å². The standard InChI is InChI=1S/C13H9N3O2S2/c1-7-4-9-11(19-7)15-6-16-12(9)20-10-3-2-8(5-14-10)13(17)18/h2-6H,1H3,(H,17,18). The van der Waals surface area contributed by atoms with Crippen LogP contribution in [0, 0.1) is 6.92 Å². The average molecular weight is 303 g/mol. The van der Waals surface area contributed by atoms with Crippen molar-refractivity contribution in [2.75, 3.05) is 0 Å². The van der Waals surface area contributed by atoms with Crippen molar-refractivity contribution in [2.24, 2.45) is 0 Å². The molecule has 0 aliphatic heterocycles. The van der Waals surface area contributed by atoms with Gasteiger partial charge < -0.3 is 5.11 Å². The normalized spacial score (nSPS) is 10.8. The molecule has 0 atom stereocenters. The van der Waals surface area contributed by atoms with Crippen LogP contribution in [0.1, 0.15) is 15.2 Å². The zero-order chi connectivity index (χ0) is 14.1. The van der Waals surface area contributed by atoms with E-state index >= 15 is 0 Å². The molecule has 0 spiro atoms. The molecule has 3 rings (SSSR count). The third kappa shape index (κ3) is 2.50. The van der Waals surface area contributed by atoms with Crippen LogP contribution in [0.2, 0.25) is 0 Å². The minimum atomic E-state index is -0.980. The van der Waals surface area contributed by atoms with Crippen LogP contribution in [0.3, 0.4) is 0 Å². The first-order valence-electron chi connectivity index (χ1n) is 5.72. The number of pyridine rings is 1. The monoisotopic (exact) mass is 303 g/mol. The average Bonchev–Trinajstić information content (AvgIpc) is 2.81. The summed E-state index contributed by atoms with van der Waals surface area (Å²) in [6, 6.07) is 5.27. The van der Waals surface area contributed by atoms with Gasteiger partial charge in [0.2, 0.25) is 0 Å². The van der Waals surface area contributed by atoms with E-state index in [2.05, 4.69) is 15.0 Å². The number of carboxylic acids is 1. The molecule has 0 aromatic carbocycles. The molecule has 0 saturated carbocycles. The van der Waals surface area contributed by atoms with Crippen LogP contribution in [-0.2, 0) is 0 Å². The van der Waals surface area contributed by atoms with Crippen LogP contribution in [0.5, 0.6) is 0 Å². The van der Waals surface area contributed by atoms with E-state index in [1.807, 2.05) is 13.0 Å². The lowest BCUT2D eigenvalue weighted by molar-refractivity contribution is 0.0696. The number of nitrogens with zero attached hydrogens (tertiary/aromatic N) is 3. The molecule has 0 amide bonds. The number of aromatic carboxylic acids is 1. The Hall–Kier alpha value is -1.99. The molecule has 5 nitrogen and oxygen atoms in total. The molecule has 0 aliphatic rings. The second-order valence-electron chi connectivity index (χ2n) is 4.05. The quantitative estimate of drug-likeness (QED) is 0.749. The molecule has 0 saturated heterocycles. The van der Waals surface area contributed by atoms with Crippen molar-refractivity contribution < 1.29 is 9.90 Å². The van der Waals surface area contributed by atoms with Gasteiger partial charge in [-0.15, -0.1) is 11.3 Å². The molecule has 1 N–H and O–H groups in total. The summed E-state index contributed by atoms with van der Waals surface area (Å²) in [5.41, 5.74) is 0.175. The maximum atomic E-state index is 10.8. The third-order valence-corrected chi connectivity index (χ3v) is 4.53. The molecule has 0 bridgehead atoms. The number of hydrogen-bond donors (Lipinski definition) is 1. The van der Waals surface area contributed by atoms with Gasteiger partial charge in [0, 0.05) is 16.5 Å². The fourth-order valence-electron chi connectivity index (χ4n) is 1.70. The second-order valence-corrected chi connectivity index (χ2v) is 6.29. The smallest absolute Gasteiger partial charge is 0.337 e. The number of aryl methyl sites for hydroxylation is 1. The van der Waals surface area contributed by atoms with Crippen molar-refractivity contribution in [1.82, 2.24) is 15.0 Å². The lowest BCUT2D eigenvalue weighted by Crippen LogP contribution is -1.96. The Balaban J connectivity index is 1.94. The van der Waals surface area contributed by atoms with E-state index in [1.54, 1.807) is 17.4 Å². The van der Waals surface area contributed by atoms with Crippen LogP contribution < -0.4 is 0 Å². The molecule has 20 heavy (non-hydrogen) atoms. The zero-order valence-corrected chi connectivity index (χ0v) is 12.0. The number of hydrogen-bond acceptors (Lipinski definition) is 6. The first-order chi connectivity index (χ1) is 9.63. The van der Waals surface area contributed by atoms with Gasteiger partial charge in [-0.05, 0) is 36.9 Å². The van der Waals surface area contributed by atoms with Gasteiger partial charge in [-0.1, -0.05) is 0 Å². The van der Waals surface area contributed by atoms with E-state index in [4.69, 9.17) is 5.11 Å². The lowest BCUT2D eigenvalue weighted by atomic mass is 10.3. The minimum Gasteiger partial charge on any atom is -0.478 e. The van der Waals surface area contributed by atoms with Crippen molar-refractivity contribution in [2.45, 2.75) is 17.0 Å². The fraction of sp³-hybridized carbons (Fsp3) is 0.0769. The van der Waals surface area contributed by atoms with E-state index in [0.717, 1.165) is 15.2 Å². The SMILES string of the molecule is Cc1cc2c(Sc3ccc(C(=O)O)cn3)ncnc2s1. The number of thiophene rings is 1. The number of aromatic nitrogens is 3. The summed E-state index contributed by atoms with van der Waals surface area (Å²) in [7, 11) is 0. The van der Waals surface area contributed by atoms with Gasteiger partial charge in [0.1, 0.15) is 21.2 Å². The highest BCUT2D eigenvalue weighted by atomic mass is 32.2. The van der Waals surface area contributed by atoms with Crippen molar-refractivity contribution >= 4 is 39.3 Å². The maximum Gasteiger partial charge on any atom is 0.337 e. The molecule has 7 heteroatoms. The Morgan fingerprint density at radius 2 is 2.15 bits per heavy atom. The van der Waals surface area contributed by atoms with Crippen LogP contribution in [0.4, 0.5) is 0 Å². The molecule has 0 unspecified atom stereocenters. The van der Waals surface area contributed by atoms with Crippen LogP contribution in [0.15, 0.2) is 40.8 Å². The van der Waals surface area contributed by atoms with Crippen molar-refractivity contribution in [3.05, 3.63) is 41.2 Å². The van der Waals surface area contributed by atoms with Crippen LogP contribution in [0.25, 0.3) is 10.2 Å². The van der Waals surface area contributed by atoms with Crippen molar-refractivity contribution in [3.63, 3.8) is 0 Å². The molecule has 0 aliphatic carbocycles. The van der Waals surface area contributed by atoms with Gasteiger partial charge in [0.25, 0.3) is 0 Å². The summed E-state index contributed by atoms with van der Waals surface area (Å²) in [5.74, 6) is -0.980. The molecule has 0 fully saturated rings. The summed E-state index contributed by atoms with van der Waals surface area (Å²) >= 11 is 3.02. The Labute approximate surface area is 122 Å². The fourth-order valence-corrected chi connectivity index (χ4v) is 3.42. The summed E-state index contributed by atoms with van der Waals surface area (Å²) in [4.78, 5) is 25.6. The summed E-state index contributed by atoms with van der Waals surface area (Å²) in [5, 5.41) is 11.4. The predicted molar refractivity (Wildman–Crippen MR) is 77.5 cm³/mol. The van der Waals surface area contributed by atoms with Gasteiger partial charge in [-0.2, -0.15) is 0 Å². The molecular weight excluding hydrogens is 294 g/mol. The zero-order valence-electron chi connectivity index (χ0n) is 10.4. The van der Waals surface area contributed by atoms with Gasteiger partial charge in [0.05, 0.1) is 5.56 Å². The second kappa shape index (κ2) is 5.18. The largest absolute Gasteiger partial charge is 0.478 e. The molecular formula is C13H9N3O2S2. The third-order valence-electron chi connectivity index (χ3n) is 2.60. The van der Waals surface area contributed by atoms with Gasteiger partial charge in [-0.25, -0.2) is 19.7 Å². The number of fused-ring (bicyclic) bond motifs is 1. The summed E-state index contributed by atoms with van der Waals surface area (Å²) in [6.45, 7) is 2.03. The van der Waals surface area contributed by atoms with E-state index in [9.17, 15) is 4.79 Å². The summed E-state index contributed by atoms with van der Waals surface area (Å²) in [6.07, 6.45) is 2.88. The Morgan fingerprint density at radius 1 is 1.30 bits per heavy atom. The molecule has 100 valence electrons. The van der Waals surface area contributed by atoms with Gasteiger partial charge in [-0.3, -0.25) is 0 Å². The first-order valence-corrected chi connectivity index (χ1v) is 7.35. The van der Waals surface area contributed by atoms with Crippen molar-refractivity contribution in [1.29, 1.82) is 0 Å². The topological polar surface area (TPSA) is 76.0 Å². The van der Waals surface area contributed by atoms with Crippen LogP contribution >= 0.6 is 23.1 Å². The summed E-state index contributed by atoms with van der Waals surface area (Å²) < 4.78 is 0. The highest BCUT2D eigenvalue weighted by molar-refractivity contribution is 7.99. The Bertz CT molecular complexity index is 784. The van der Waals surface area contributed by atoms with E-state index in [1.165, 1.54) is 35.2 Å². The lowest BCUT2D eigenvalue weighted by Gasteiger charge is -2.01. The van der Waals surface area contributed by atoms with Crippen LogP contribution in [-0.4, -0.2) is 26.0 Å². The highest BCUT2D eigenvalue weighted by Crippen LogP contribution is 2.33.